The van der Waals surface area contributed by atoms with E-state index in [1.807, 2.05) is 6.92 Å². The summed E-state index contributed by atoms with van der Waals surface area (Å²) < 4.78 is 25.0. The number of pyridine rings is 1. The minimum Gasteiger partial charge on any atom is -0.391 e. The number of piperidine rings is 1. The largest absolute Gasteiger partial charge is 0.391 e. The topological polar surface area (TPSA) is 53.4 Å². The highest BCUT2D eigenvalue weighted by Crippen LogP contribution is 2.28. The van der Waals surface area contributed by atoms with Gasteiger partial charge in [-0.1, -0.05) is 6.92 Å². The number of halogens is 2. The zero-order valence-corrected chi connectivity index (χ0v) is 11.8. The molecule has 0 radical (unpaired) electrons. The van der Waals surface area contributed by atoms with Crippen molar-refractivity contribution in [3.8, 4) is 0 Å². The second-order valence-corrected chi connectivity index (χ2v) is 5.80. The number of amides is 1. The fourth-order valence-corrected chi connectivity index (χ4v) is 2.71. The molecule has 7 heteroatoms. The molecule has 1 saturated heterocycles. The molecule has 0 saturated carbocycles. The molecule has 1 aromatic heterocycles. The number of hydrogen-bond acceptors (Lipinski definition) is 4. The molecule has 0 aliphatic carbocycles. The zero-order chi connectivity index (χ0) is 14.7. The molecule has 0 aromatic carbocycles. The van der Waals surface area contributed by atoms with Gasteiger partial charge in [0.1, 0.15) is 5.03 Å². The van der Waals surface area contributed by atoms with Gasteiger partial charge >= 0.3 is 0 Å². The smallest absolute Gasteiger partial charge is 0.290 e. The second-order valence-electron chi connectivity index (χ2n) is 4.82. The van der Waals surface area contributed by atoms with E-state index >= 15 is 0 Å². The Balaban J connectivity index is 2.17. The summed E-state index contributed by atoms with van der Waals surface area (Å²) in [5.41, 5.74) is 0.166. The van der Waals surface area contributed by atoms with Crippen molar-refractivity contribution in [1.29, 1.82) is 0 Å². The Bertz CT molecular complexity index is 487. The van der Waals surface area contributed by atoms with Crippen molar-refractivity contribution in [2.75, 3.05) is 13.1 Å². The Labute approximate surface area is 120 Å². The van der Waals surface area contributed by atoms with Crippen molar-refractivity contribution < 1.29 is 18.7 Å². The van der Waals surface area contributed by atoms with E-state index in [0.29, 0.717) is 13.0 Å². The third-order valence-corrected chi connectivity index (χ3v) is 4.13. The lowest BCUT2D eigenvalue weighted by Crippen LogP contribution is -2.46. The maximum absolute atomic E-state index is 12.5. The van der Waals surface area contributed by atoms with Crippen molar-refractivity contribution >= 4 is 17.7 Å². The van der Waals surface area contributed by atoms with Gasteiger partial charge in [0.15, 0.2) is 0 Å². The van der Waals surface area contributed by atoms with E-state index in [-0.39, 0.29) is 40.7 Å². The first-order chi connectivity index (χ1) is 9.49. The van der Waals surface area contributed by atoms with Crippen LogP contribution in [0.1, 0.15) is 23.7 Å². The summed E-state index contributed by atoms with van der Waals surface area (Å²) in [5, 5.41) is 9.85. The highest BCUT2D eigenvalue weighted by Gasteiger charge is 2.29. The first-order valence-electron chi connectivity index (χ1n) is 6.36. The number of likely N-dealkylation sites (tertiary alicyclic amines) is 1. The van der Waals surface area contributed by atoms with Crippen molar-refractivity contribution in [2.45, 2.75) is 30.2 Å². The number of hydrogen-bond donors (Lipinski definition) is 1. The molecular weight excluding hydrogens is 286 g/mol. The molecule has 110 valence electrons. The number of thioether (sulfide) groups is 1. The van der Waals surface area contributed by atoms with Crippen LogP contribution in [-0.2, 0) is 0 Å². The molecule has 0 bridgehead atoms. The van der Waals surface area contributed by atoms with E-state index in [9.17, 15) is 18.7 Å². The van der Waals surface area contributed by atoms with Gasteiger partial charge in [-0.3, -0.25) is 4.79 Å². The minimum absolute atomic E-state index is 0.0283. The summed E-state index contributed by atoms with van der Waals surface area (Å²) in [5.74, 6) is -2.83. The van der Waals surface area contributed by atoms with Crippen LogP contribution in [-0.4, -0.2) is 45.8 Å². The van der Waals surface area contributed by atoms with Crippen molar-refractivity contribution in [1.82, 2.24) is 9.88 Å². The lowest BCUT2D eigenvalue weighted by atomic mass is 9.95. The van der Waals surface area contributed by atoms with E-state index in [1.165, 1.54) is 17.2 Å². The molecule has 4 nitrogen and oxygen atoms in total. The molecule has 1 fully saturated rings. The summed E-state index contributed by atoms with van der Waals surface area (Å²) in [6.07, 6.45) is 1.51. The maximum Gasteiger partial charge on any atom is 0.290 e. The van der Waals surface area contributed by atoms with Crippen molar-refractivity contribution in [2.24, 2.45) is 5.92 Å². The number of aliphatic hydroxyl groups is 1. The van der Waals surface area contributed by atoms with Crippen LogP contribution in [0.2, 0.25) is 0 Å². The average molecular weight is 302 g/mol. The number of β-amino-alcohol motifs (C(OH)–C–C–N with tert-alkyl or cyclic N) is 1. The van der Waals surface area contributed by atoms with Crippen LogP contribution in [0.3, 0.4) is 0 Å². The quantitative estimate of drug-likeness (QED) is 0.870. The maximum atomic E-state index is 12.5. The molecular formula is C13H16F2N2O2S. The van der Waals surface area contributed by atoms with Crippen molar-refractivity contribution in [3.63, 3.8) is 0 Å². The Hall–Kier alpha value is -1.21. The number of carbonyl (C=O) groups is 1. The summed E-state index contributed by atoms with van der Waals surface area (Å²) in [4.78, 5) is 17.7. The van der Waals surface area contributed by atoms with E-state index in [1.54, 1.807) is 6.07 Å². The molecule has 2 unspecified atom stereocenters. The lowest BCUT2D eigenvalue weighted by molar-refractivity contribution is 0.0246. The summed E-state index contributed by atoms with van der Waals surface area (Å²) in [7, 11) is 0. The Morgan fingerprint density at radius 1 is 1.60 bits per heavy atom. The molecule has 2 heterocycles. The van der Waals surface area contributed by atoms with E-state index in [2.05, 4.69) is 4.98 Å². The highest BCUT2D eigenvalue weighted by molar-refractivity contribution is 7.99. The molecule has 2 atom stereocenters. The van der Waals surface area contributed by atoms with Gasteiger partial charge in [-0.05, 0) is 36.2 Å². The standard InChI is InChI=1S/C13H16F2N2O2S/c1-8-4-6-17(7-10(8)18)12(19)9-3-2-5-16-11(9)20-13(14)15/h2-3,5,8,10,13,18H,4,6-7H2,1H3. The SMILES string of the molecule is CC1CCN(C(=O)c2cccnc2SC(F)F)CC1O. The molecule has 20 heavy (non-hydrogen) atoms. The van der Waals surface area contributed by atoms with E-state index < -0.39 is 11.9 Å². The second kappa shape index (κ2) is 6.49. The molecule has 1 amide bonds. The monoisotopic (exact) mass is 302 g/mol. The fourth-order valence-electron chi connectivity index (χ4n) is 2.14. The summed E-state index contributed by atoms with van der Waals surface area (Å²) in [6, 6.07) is 3.04. The zero-order valence-electron chi connectivity index (χ0n) is 11.0. The first-order valence-corrected chi connectivity index (χ1v) is 7.24. The van der Waals surface area contributed by atoms with Crippen LogP contribution < -0.4 is 0 Å². The third kappa shape index (κ3) is 3.46. The number of rotatable bonds is 3. The Morgan fingerprint density at radius 3 is 3.00 bits per heavy atom. The number of nitrogens with zero attached hydrogens (tertiary/aromatic N) is 2. The predicted octanol–water partition coefficient (Wildman–Crippen LogP) is 2.24. The predicted molar refractivity (Wildman–Crippen MR) is 71.8 cm³/mol. The van der Waals surface area contributed by atoms with Gasteiger partial charge in [0.25, 0.3) is 11.7 Å². The molecule has 0 spiro atoms. The van der Waals surface area contributed by atoms with E-state index in [4.69, 9.17) is 0 Å². The van der Waals surface area contributed by atoms with Crippen molar-refractivity contribution in [3.05, 3.63) is 23.9 Å². The third-order valence-electron chi connectivity index (χ3n) is 3.41. The number of aromatic nitrogens is 1. The van der Waals surface area contributed by atoms with Crippen LogP contribution in [0.4, 0.5) is 8.78 Å². The fraction of sp³-hybridized carbons (Fsp3) is 0.538. The summed E-state index contributed by atoms with van der Waals surface area (Å²) in [6.45, 7) is 2.67. The van der Waals surface area contributed by atoms with Crippen LogP contribution in [0.5, 0.6) is 0 Å². The summed E-state index contributed by atoms with van der Waals surface area (Å²) >= 11 is 0.264. The van der Waals surface area contributed by atoms with Gasteiger partial charge in [-0.15, -0.1) is 0 Å². The Kier molecular flexibility index (Phi) is 4.93. The average Bonchev–Trinajstić information content (AvgIpc) is 2.41. The highest BCUT2D eigenvalue weighted by atomic mass is 32.2. The first kappa shape index (κ1) is 15.2. The van der Waals surface area contributed by atoms with Crippen LogP contribution in [0, 0.1) is 5.92 Å². The van der Waals surface area contributed by atoms with E-state index in [0.717, 1.165) is 0 Å². The van der Waals surface area contributed by atoms with Gasteiger partial charge < -0.3 is 10.0 Å². The van der Waals surface area contributed by atoms with Crippen LogP contribution in [0.15, 0.2) is 23.4 Å². The normalized spacial score (nSPS) is 23.1. The molecule has 2 rings (SSSR count). The lowest BCUT2D eigenvalue weighted by Gasteiger charge is -2.34. The van der Waals surface area contributed by atoms with Gasteiger partial charge in [0, 0.05) is 19.3 Å². The van der Waals surface area contributed by atoms with Gasteiger partial charge in [-0.2, -0.15) is 8.78 Å². The molecule has 1 aliphatic heterocycles. The number of carbonyl (C=O) groups excluding carboxylic acids is 1. The molecule has 1 N–H and O–H groups in total. The van der Waals surface area contributed by atoms with Gasteiger partial charge in [0.05, 0.1) is 11.7 Å². The molecule has 1 aromatic rings. The minimum atomic E-state index is -2.62. The Morgan fingerprint density at radius 2 is 2.35 bits per heavy atom. The van der Waals surface area contributed by atoms with Gasteiger partial charge in [0.2, 0.25) is 0 Å². The van der Waals surface area contributed by atoms with Crippen LogP contribution in [0.25, 0.3) is 0 Å². The van der Waals surface area contributed by atoms with Crippen LogP contribution >= 0.6 is 11.8 Å². The molecule has 1 aliphatic rings. The number of aliphatic hydroxyl groups excluding tert-OH is 1. The number of alkyl halides is 2. The van der Waals surface area contributed by atoms with Gasteiger partial charge in [-0.25, -0.2) is 4.98 Å².